The predicted molar refractivity (Wildman–Crippen MR) is 119 cm³/mol. The van der Waals surface area contributed by atoms with E-state index in [0.717, 1.165) is 28.9 Å². The maximum Gasteiger partial charge on any atom is 0.286 e. The molecular formula is C24H24N2O5S. The van der Waals surface area contributed by atoms with Crippen molar-refractivity contribution in [2.24, 2.45) is 7.05 Å². The third-order valence-electron chi connectivity index (χ3n) is 4.88. The number of hydrogen-bond donors (Lipinski definition) is 0. The van der Waals surface area contributed by atoms with Gasteiger partial charge in [-0.15, -0.1) is 0 Å². The van der Waals surface area contributed by atoms with Crippen LogP contribution in [0, 0.1) is 13.8 Å². The summed E-state index contributed by atoms with van der Waals surface area (Å²) in [5, 5.41) is 0. The van der Waals surface area contributed by atoms with Gasteiger partial charge >= 0.3 is 0 Å². The number of nitrogens with zero attached hydrogens (tertiary/aromatic N) is 2. The zero-order valence-electron chi connectivity index (χ0n) is 18.1. The number of hydrogen-bond acceptors (Lipinski definition) is 5. The second kappa shape index (κ2) is 9.76. The van der Waals surface area contributed by atoms with Crippen LogP contribution in [0.1, 0.15) is 27.2 Å². The highest BCUT2D eigenvalue weighted by Crippen LogP contribution is 2.14. The molecule has 2 heterocycles. The molecule has 0 amide bonds. The highest BCUT2D eigenvalue weighted by molar-refractivity contribution is 7.85. The van der Waals surface area contributed by atoms with Gasteiger partial charge in [0.1, 0.15) is 28.4 Å². The third kappa shape index (κ3) is 5.81. The number of pyridine rings is 1. The first-order valence-corrected chi connectivity index (χ1v) is 11.2. The number of fused-ring (bicyclic) bond motifs is 1. The molecule has 0 atom stereocenters. The van der Waals surface area contributed by atoms with Crippen LogP contribution in [0.2, 0.25) is 0 Å². The highest BCUT2D eigenvalue weighted by Gasteiger charge is 2.14. The summed E-state index contributed by atoms with van der Waals surface area (Å²) in [5.41, 5.74) is 5.00. The van der Waals surface area contributed by atoms with Crippen LogP contribution < -0.4 is 9.14 Å². The summed E-state index contributed by atoms with van der Waals surface area (Å²) in [6, 6.07) is 17.1. The standard InChI is InChI=1S/C17H17N2O2.C7H8O3S/c1-13-3-8-17-18(2)15(10-19(17)9-13)12-21-16-6-4-14(11-20)5-7-16;1-6-2-4-7(5-3-6)11(8,9)10/h3-11H,12H2,1-2H3;2-5H,1H3,(H,8,9,10)/q+1;/p-1. The zero-order chi connectivity index (χ0) is 23.3. The van der Waals surface area contributed by atoms with E-state index < -0.39 is 10.1 Å². The van der Waals surface area contributed by atoms with Gasteiger partial charge in [0.25, 0.3) is 5.65 Å². The molecule has 0 aliphatic heterocycles. The van der Waals surface area contributed by atoms with E-state index in [9.17, 15) is 17.8 Å². The first kappa shape index (κ1) is 23.2. The Morgan fingerprint density at radius 1 is 0.938 bits per heavy atom. The van der Waals surface area contributed by atoms with Crippen LogP contribution >= 0.6 is 0 Å². The van der Waals surface area contributed by atoms with E-state index in [1.165, 1.54) is 17.7 Å². The van der Waals surface area contributed by atoms with Gasteiger partial charge in [-0.05, 0) is 61.9 Å². The largest absolute Gasteiger partial charge is 0.744 e. The van der Waals surface area contributed by atoms with Crippen LogP contribution in [0.25, 0.3) is 5.65 Å². The van der Waals surface area contributed by atoms with Crippen molar-refractivity contribution in [3.8, 4) is 5.75 Å². The quantitative estimate of drug-likeness (QED) is 0.263. The Hall–Kier alpha value is -3.49. The first-order chi connectivity index (χ1) is 15.2. The number of aldehydes is 1. The Balaban J connectivity index is 0.000000222. The minimum atomic E-state index is -4.27. The summed E-state index contributed by atoms with van der Waals surface area (Å²) >= 11 is 0. The lowest BCUT2D eigenvalue weighted by molar-refractivity contribution is -0.511. The van der Waals surface area contributed by atoms with Crippen LogP contribution in [0.5, 0.6) is 5.75 Å². The van der Waals surface area contributed by atoms with Crippen molar-refractivity contribution in [2.75, 3.05) is 0 Å². The van der Waals surface area contributed by atoms with E-state index in [1.807, 2.05) is 26.1 Å². The minimum Gasteiger partial charge on any atom is -0.744 e. The summed E-state index contributed by atoms with van der Waals surface area (Å²) in [5.74, 6) is 0.757. The van der Waals surface area contributed by atoms with Gasteiger partial charge in [-0.2, -0.15) is 0 Å². The first-order valence-electron chi connectivity index (χ1n) is 9.84. The van der Waals surface area contributed by atoms with Gasteiger partial charge in [0, 0.05) is 11.6 Å². The number of imidazole rings is 1. The average Bonchev–Trinajstić information content (AvgIpc) is 3.07. The molecule has 0 saturated carbocycles. The normalized spacial score (nSPS) is 11.0. The molecule has 0 fully saturated rings. The number of carbonyl (C=O) groups is 1. The van der Waals surface area contributed by atoms with Crippen LogP contribution in [-0.4, -0.2) is 23.8 Å². The van der Waals surface area contributed by atoms with E-state index in [-0.39, 0.29) is 4.90 Å². The summed E-state index contributed by atoms with van der Waals surface area (Å²) in [6.45, 7) is 4.38. The number of aryl methyl sites for hydroxylation is 3. The highest BCUT2D eigenvalue weighted by atomic mass is 32.2. The Kier molecular flexibility index (Phi) is 7.07. The molecule has 32 heavy (non-hydrogen) atoms. The molecule has 7 nitrogen and oxygen atoms in total. The van der Waals surface area contributed by atoms with Crippen LogP contribution in [0.4, 0.5) is 0 Å². The molecule has 4 aromatic rings. The molecule has 4 rings (SSSR count). The summed E-state index contributed by atoms with van der Waals surface area (Å²) in [7, 11) is -2.24. The molecule has 2 aromatic heterocycles. The van der Waals surface area contributed by atoms with Gasteiger partial charge in [-0.25, -0.2) is 17.4 Å². The van der Waals surface area contributed by atoms with Gasteiger partial charge in [-0.1, -0.05) is 17.7 Å². The lowest BCUT2D eigenvalue weighted by Crippen LogP contribution is -2.18. The third-order valence-corrected chi connectivity index (χ3v) is 5.73. The number of benzene rings is 2. The lowest BCUT2D eigenvalue weighted by Gasteiger charge is -2.05. The smallest absolute Gasteiger partial charge is 0.286 e. The topological polar surface area (TPSA) is 92.5 Å². The Morgan fingerprint density at radius 2 is 1.56 bits per heavy atom. The van der Waals surface area contributed by atoms with E-state index in [1.54, 1.807) is 24.3 Å². The fourth-order valence-corrected chi connectivity index (χ4v) is 3.51. The van der Waals surface area contributed by atoms with E-state index in [2.05, 4.69) is 40.4 Å². The molecule has 166 valence electrons. The van der Waals surface area contributed by atoms with Gasteiger partial charge in [0.2, 0.25) is 0 Å². The second-order valence-corrected chi connectivity index (χ2v) is 8.77. The van der Waals surface area contributed by atoms with Crippen LogP contribution in [0.3, 0.4) is 0 Å². The maximum absolute atomic E-state index is 10.6. The molecule has 2 aromatic carbocycles. The molecule has 0 bridgehead atoms. The summed E-state index contributed by atoms with van der Waals surface area (Å²) in [6.07, 6.45) is 4.99. The molecule has 0 spiro atoms. The maximum atomic E-state index is 10.6. The molecule has 0 saturated heterocycles. The molecule has 0 radical (unpaired) electrons. The Morgan fingerprint density at radius 3 is 2.16 bits per heavy atom. The summed E-state index contributed by atoms with van der Waals surface area (Å²) < 4.78 is 41.2. The Bertz CT molecular complexity index is 1330. The number of rotatable bonds is 5. The zero-order valence-corrected chi connectivity index (χ0v) is 18.9. The van der Waals surface area contributed by atoms with Gasteiger partial charge in [0.15, 0.2) is 12.3 Å². The fraction of sp³-hybridized carbons (Fsp3) is 0.167. The van der Waals surface area contributed by atoms with Crippen molar-refractivity contribution < 1.29 is 26.9 Å². The van der Waals surface area contributed by atoms with E-state index >= 15 is 0 Å². The van der Waals surface area contributed by atoms with Crippen molar-refractivity contribution >= 4 is 22.1 Å². The molecule has 8 heteroatoms. The molecule has 0 aliphatic rings. The molecular weight excluding hydrogens is 428 g/mol. The van der Waals surface area contributed by atoms with Crippen molar-refractivity contribution in [2.45, 2.75) is 25.3 Å². The van der Waals surface area contributed by atoms with Gasteiger partial charge < -0.3 is 9.29 Å². The average molecular weight is 453 g/mol. The van der Waals surface area contributed by atoms with Gasteiger partial charge in [-0.3, -0.25) is 4.79 Å². The minimum absolute atomic E-state index is 0.178. The number of carbonyl (C=O) groups excluding carboxylic acids is 1. The van der Waals surface area contributed by atoms with Crippen molar-refractivity contribution in [3.63, 3.8) is 0 Å². The monoisotopic (exact) mass is 452 g/mol. The summed E-state index contributed by atoms with van der Waals surface area (Å²) in [4.78, 5) is 10.4. The lowest BCUT2D eigenvalue weighted by atomic mass is 10.2. The van der Waals surface area contributed by atoms with Crippen LogP contribution in [-0.2, 0) is 23.8 Å². The van der Waals surface area contributed by atoms with Crippen molar-refractivity contribution in [1.29, 1.82) is 0 Å². The van der Waals surface area contributed by atoms with Crippen molar-refractivity contribution in [1.82, 2.24) is 4.57 Å². The SMILES string of the molecule is Cc1ccc(S(=O)(=O)[O-])cc1.Cc1ccc2n(C)c(COc3ccc(C=O)cc3)c[n+]2c1. The second-order valence-electron chi connectivity index (χ2n) is 7.39. The molecule has 0 N–H and O–H groups in total. The fourth-order valence-electron chi connectivity index (χ4n) is 3.04. The van der Waals surface area contributed by atoms with E-state index in [0.29, 0.717) is 12.2 Å². The molecule has 0 aliphatic carbocycles. The van der Waals surface area contributed by atoms with E-state index in [4.69, 9.17) is 4.74 Å². The van der Waals surface area contributed by atoms with Crippen LogP contribution in [0.15, 0.2) is 78.0 Å². The number of ether oxygens (including phenoxy) is 1. The van der Waals surface area contributed by atoms with Gasteiger partial charge in [0.05, 0.1) is 18.1 Å². The Labute approximate surface area is 187 Å². The predicted octanol–water partition coefficient (Wildman–Crippen LogP) is 3.36. The van der Waals surface area contributed by atoms with Crippen molar-refractivity contribution in [3.05, 3.63) is 95.4 Å². The number of aromatic nitrogens is 2. The molecule has 0 unspecified atom stereocenters.